The van der Waals surface area contributed by atoms with Crippen LogP contribution in [-0.4, -0.2) is 12.0 Å². The lowest BCUT2D eigenvalue weighted by molar-refractivity contribution is 0.416. The standard InChI is InChI=1S/C7H10N2S/c1-7(5-8)3-6(4-7)9-10-2/h3-4H2,1-2H3. The molecule has 10 heavy (non-hydrogen) atoms. The molecule has 0 aliphatic heterocycles. The maximum absolute atomic E-state index is 8.62. The lowest BCUT2D eigenvalue weighted by Crippen LogP contribution is -2.32. The third kappa shape index (κ3) is 1.32. The Labute approximate surface area is 65.5 Å². The first-order valence-corrected chi connectivity index (χ1v) is 4.38. The van der Waals surface area contributed by atoms with Crippen molar-refractivity contribution in [1.82, 2.24) is 0 Å². The predicted octanol–water partition coefficient (Wildman–Crippen LogP) is 2.03. The number of hydrogen-bond acceptors (Lipinski definition) is 3. The van der Waals surface area contributed by atoms with Crippen LogP contribution in [0.1, 0.15) is 19.8 Å². The van der Waals surface area contributed by atoms with E-state index in [9.17, 15) is 0 Å². The molecule has 0 atom stereocenters. The Hall–Kier alpha value is -0.490. The van der Waals surface area contributed by atoms with Crippen LogP contribution in [0.5, 0.6) is 0 Å². The molecule has 1 aliphatic rings. The zero-order chi connectivity index (χ0) is 7.61. The van der Waals surface area contributed by atoms with Crippen LogP contribution in [-0.2, 0) is 0 Å². The second kappa shape index (κ2) is 2.63. The summed E-state index contributed by atoms with van der Waals surface area (Å²) in [5, 5.41) is 8.62. The molecule has 1 saturated carbocycles. The van der Waals surface area contributed by atoms with Gasteiger partial charge in [0.25, 0.3) is 0 Å². The lowest BCUT2D eigenvalue weighted by Gasteiger charge is -2.32. The van der Waals surface area contributed by atoms with E-state index in [1.807, 2.05) is 13.2 Å². The Kier molecular flexibility index (Phi) is 2.00. The minimum atomic E-state index is -0.103. The van der Waals surface area contributed by atoms with E-state index in [2.05, 4.69) is 10.5 Å². The van der Waals surface area contributed by atoms with Crippen LogP contribution in [0.3, 0.4) is 0 Å². The highest BCUT2D eigenvalue weighted by Crippen LogP contribution is 2.37. The summed E-state index contributed by atoms with van der Waals surface area (Å²) in [4.78, 5) is 0. The monoisotopic (exact) mass is 154 g/mol. The van der Waals surface area contributed by atoms with Gasteiger partial charge in [-0.2, -0.15) is 5.26 Å². The van der Waals surface area contributed by atoms with Crippen LogP contribution < -0.4 is 0 Å². The fourth-order valence-corrected chi connectivity index (χ4v) is 1.51. The smallest absolute Gasteiger partial charge is 0.0694 e. The third-order valence-corrected chi connectivity index (χ3v) is 2.12. The molecule has 0 saturated heterocycles. The van der Waals surface area contributed by atoms with Crippen LogP contribution in [0.15, 0.2) is 4.40 Å². The fourth-order valence-electron chi connectivity index (χ4n) is 1.12. The summed E-state index contributed by atoms with van der Waals surface area (Å²) >= 11 is 1.48. The van der Waals surface area contributed by atoms with Crippen molar-refractivity contribution < 1.29 is 0 Å². The molecule has 0 aromatic rings. The van der Waals surface area contributed by atoms with Gasteiger partial charge in [0, 0.05) is 24.8 Å². The molecule has 0 bridgehead atoms. The zero-order valence-corrected chi connectivity index (χ0v) is 7.03. The maximum Gasteiger partial charge on any atom is 0.0694 e. The van der Waals surface area contributed by atoms with E-state index < -0.39 is 0 Å². The summed E-state index contributed by atoms with van der Waals surface area (Å²) in [5.41, 5.74) is 1.07. The van der Waals surface area contributed by atoms with Crippen LogP contribution in [0.4, 0.5) is 0 Å². The van der Waals surface area contributed by atoms with E-state index >= 15 is 0 Å². The number of nitriles is 1. The molecule has 54 valence electrons. The average Bonchev–Trinajstić information content (AvgIpc) is 1.85. The Morgan fingerprint density at radius 1 is 1.70 bits per heavy atom. The summed E-state index contributed by atoms with van der Waals surface area (Å²) in [6.07, 6.45) is 3.67. The molecular weight excluding hydrogens is 144 g/mol. The first-order valence-electron chi connectivity index (χ1n) is 3.20. The van der Waals surface area contributed by atoms with E-state index in [4.69, 9.17) is 5.26 Å². The van der Waals surface area contributed by atoms with Gasteiger partial charge in [-0.15, -0.1) is 0 Å². The van der Waals surface area contributed by atoms with Crippen molar-refractivity contribution in [3.05, 3.63) is 0 Å². The van der Waals surface area contributed by atoms with Crippen LogP contribution in [0, 0.1) is 16.7 Å². The van der Waals surface area contributed by atoms with Gasteiger partial charge in [0.1, 0.15) is 0 Å². The number of hydrogen-bond donors (Lipinski definition) is 0. The van der Waals surface area contributed by atoms with E-state index in [1.54, 1.807) is 0 Å². The van der Waals surface area contributed by atoms with Crippen molar-refractivity contribution in [2.24, 2.45) is 9.81 Å². The molecule has 0 spiro atoms. The van der Waals surface area contributed by atoms with Crippen molar-refractivity contribution >= 4 is 17.7 Å². The Morgan fingerprint density at radius 3 is 2.70 bits per heavy atom. The maximum atomic E-state index is 8.62. The van der Waals surface area contributed by atoms with Gasteiger partial charge in [-0.1, -0.05) is 0 Å². The quantitative estimate of drug-likeness (QED) is 0.542. The molecule has 1 rings (SSSR count). The molecule has 1 aliphatic carbocycles. The van der Waals surface area contributed by atoms with Gasteiger partial charge >= 0.3 is 0 Å². The van der Waals surface area contributed by atoms with Crippen molar-refractivity contribution in [2.75, 3.05) is 6.26 Å². The van der Waals surface area contributed by atoms with E-state index in [-0.39, 0.29) is 5.41 Å². The molecular formula is C7H10N2S. The molecule has 2 nitrogen and oxygen atoms in total. The summed E-state index contributed by atoms with van der Waals surface area (Å²) in [5.74, 6) is 0. The summed E-state index contributed by atoms with van der Waals surface area (Å²) in [6.45, 7) is 1.98. The molecule has 1 fully saturated rings. The molecule has 0 radical (unpaired) electrons. The van der Waals surface area contributed by atoms with Crippen molar-refractivity contribution in [1.29, 1.82) is 5.26 Å². The second-order valence-corrected chi connectivity index (χ2v) is 3.41. The second-order valence-electron chi connectivity index (χ2n) is 2.87. The van der Waals surface area contributed by atoms with Crippen LogP contribution >= 0.6 is 11.9 Å². The first-order chi connectivity index (χ1) is 4.70. The molecule has 0 amide bonds. The summed E-state index contributed by atoms with van der Waals surface area (Å²) < 4.78 is 4.16. The normalized spacial score (nSPS) is 30.7. The summed E-state index contributed by atoms with van der Waals surface area (Å²) in [6, 6.07) is 2.28. The van der Waals surface area contributed by atoms with Gasteiger partial charge in [-0.3, -0.25) is 0 Å². The van der Waals surface area contributed by atoms with Crippen molar-refractivity contribution in [3.63, 3.8) is 0 Å². The number of rotatable bonds is 1. The Morgan fingerprint density at radius 2 is 2.30 bits per heavy atom. The lowest BCUT2D eigenvalue weighted by atomic mass is 9.70. The molecule has 0 aromatic carbocycles. The summed E-state index contributed by atoms with van der Waals surface area (Å²) in [7, 11) is 0. The average molecular weight is 154 g/mol. The highest BCUT2D eigenvalue weighted by atomic mass is 32.2. The predicted molar refractivity (Wildman–Crippen MR) is 43.9 cm³/mol. The minimum absolute atomic E-state index is 0.103. The van der Waals surface area contributed by atoms with E-state index in [0.29, 0.717) is 0 Å². The van der Waals surface area contributed by atoms with Gasteiger partial charge in [0.05, 0.1) is 11.5 Å². The van der Waals surface area contributed by atoms with Gasteiger partial charge in [0.15, 0.2) is 0 Å². The largest absolute Gasteiger partial charge is 0.226 e. The molecule has 0 unspecified atom stereocenters. The first kappa shape index (κ1) is 7.62. The van der Waals surface area contributed by atoms with Gasteiger partial charge < -0.3 is 0 Å². The Bertz CT molecular complexity index is 194. The minimum Gasteiger partial charge on any atom is -0.226 e. The van der Waals surface area contributed by atoms with Gasteiger partial charge in [-0.25, -0.2) is 4.40 Å². The van der Waals surface area contributed by atoms with Crippen molar-refractivity contribution in [3.8, 4) is 6.07 Å². The molecule has 0 aromatic heterocycles. The molecule has 3 heteroatoms. The van der Waals surface area contributed by atoms with E-state index in [0.717, 1.165) is 12.8 Å². The Balaban J connectivity index is 2.45. The molecule has 0 N–H and O–H groups in total. The van der Waals surface area contributed by atoms with Crippen LogP contribution in [0.25, 0.3) is 0 Å². The topological polar surface area (TPSA) is 36.1 Å². The third-order valence-electron chi connectivity index (χ3n) is 1.68. The highest BCUT2D eigenvalue weighted by molar-refractivity contribution is 7.97. The zero-order valence-electron chi connectivity index (χ0n) is 6.22. The number of nitrogens with zero attached hydrogens (tertiary/aromatic N) is 2. The van der Waals surface area contributed by atoms with Gasteiger partial charge in [-0.05, 0) is 18.9 Å². The fraction of sp³-hybridized carbons (Fsp3) is 0.714. The van der Waals surface area contributed by atoms with E-state index in [1.165, 1.54) is 17.7 Å². The molecule has 0 heterocycles. The van der Waals surface area contributed by atoms with Crippen LogP contribution in [0.2, 0.25) is 0 Å². The van der Waals surface area contributed by atoms with Gasteiger partial charge in [0.2, 0.25) is 0 Å². The SMILES string of the molecule is CSN=C1CC(C)(C#N)C1. The highest BCUT2D eigenvalue weighted by Gasteiger charge is 2.37. The van der Waals surface area contributed by atoms with Crippen molar-refractivity contribution in [2.45, 2.75) is 19.8 Å².